The Morgan fingerprint density at radius 2 is 1.53 bits per heavy atom. The van der Waals surface area contributed by atoms with Crippen LogP contribution in [0.1, 0.15) is 33.0 Å². The lowest BCUT2D eigenvalue weighted by Crippen LogP contribution is -2.16. The van der Waals surface area contributed by atoms with Gasteiger partial charge in [-0.15, -0.1) is 13.2 Å². The molecule has 0 aliphatic carbocycles. The van der Waals surface area contributed by atoms with Crippen molar-refractivity contribution in [2.24, 2.45) is 0 Å². The number of nitrogens with zero attached hydrogens (tertiary/aromatic N) is 1. The van der Waals surface area contributed by atoms with E-state index >= 15 is 0 Å². The first-order chi connectivity index (χ1) is 20.6. The van der Waals surface area contributed by atoms with Crippen molar-refractivity contribution in [2.75, 3.05) is 7.11 Å². The van der Waals surface area contributed by atoms with Crippen molar-refractivity contribution in [3.05, 3.63) is 129 Å². The topological polar surface area (TPSA) is 64.2 Å². The molecule has 43 heavy (non-hydrogen) atoms. The summed E-state index contributed by atoms with van der Waals surface area (Å²) in [7, 11) is 1.34. The molecule has 0 bridgehead atoms. The van der Waals surface area contributed by atoms with Crippen molar-refractivity contribution in [1.82, 2.24) is 9.97 Å². The van der Waals surface area contributed by atoms with E-state index in [-0.39, 0.29) is 5.75 Å². The minimum atomic E-state index is -4.73. The van der Waals surface area contributed by atoms with Crippen LogP contribution >= 0.6 is 23.2 Å². The Bertz CT molecular complexity index is 1760. The van der Waals surface area contributed by atoms with Crippen molar-refractivity contribution in [3.8, 4) is 28.1 Å². The van der Waals surface area contributed by atoms with Gasteiger partial charge in [-0.3, -0.25) is 0 Å². The number of hydrogen-bond acceptors (Lipinski definition) is 4. The van der Waals surface area contributed by atoms with Gasteiger partial charge in [-0.2, -0.15) is 0 Å². The summed E-state index contributed by atoms with van der Waals surface area (Å²) < 4.78 is 46.0. The van der Waals surface area contributed by atoms with E-state index in [1.165, 1.54) is 19.2 Å². The molecule has 0 saturated carbocycles. The van der Waals surface area contributed by atoms with E-state index < -0.39 is 12.3 Å². The predicted molar refractivity (Wildman–Crippen MR) is 162 cm³/mol. The fourth-order valence-corrected chi connectivity index (χ4v) is 4.93. The lowest BCUT2D eigenvalue weighted by atomic mass is 10.0. The maximum Gasteiger partial charge on any atom is 0.573 e. The van der Waals surface area contributed by atoms with E-state index in [0.29, 0.717) is 33.5 Å². The fraction of sp³-hybridized carbons (Fsp3) is 0.0909. The van der Waals surface area contributed by atoms with Crippen LogP contribution < -0.4 is 4.74 Å². The van der Waals surface area contributed by atoms with Crippen LogP contribution in [0, 0.1) is 0 Å². The van der Waals surface area contributed by atoms with Gasteiger partial charge < -0.3 is 14.5 Å². The molecule has 0 saturated heterocycles. The molecule has 0 aliphatic heterocycles. The zero-order valence-corrected chi connectivity index (χ0v) is 24.1. The van der Waals surface area contributed by atoms with Crippen LogP contribution in [0.2, 0.25) is 10.0 Å². The fourth-order valence-electron chi connectivity index (χ4n) is 4.43. The molecule has 10 heteroatoms. The summed E-state index contributed by atoms with van der Waals surface area (Å²) in [6, 6.07) is 25.6. The Hall–Kier alpha value is -4.53. The molecule has 5 nitrogen and oxygen atoms in total. The lowest BCUT2D eigenvalue weighted by molar-refractivity contribution is -0.274. The number of nitrogens with one attached hydrogen (secondary N) is 1. The second-order valence-electron chi connectivity index (χ2n) is 9.47. The number of esters is 1. The number of rotatable bonds is 8. The van der Waals surface area contributed by atoms with E-state index in [0.717, 1.165) is 33.5 Å². The van der Waals surface area contributed by atoms with Gasteiger partial charge in [0.2, 0.25) is 0 Å². The number of imidazole rings is 1. The largest absolute Gasteiger partial charge is 0.573 e. The standard InChI is InChI=1S/C33H23Cl2F3N2O3/c1-42-32(41)24-9-4-21(5-10-24)18-29-31(27-16-13-25(34)19-28(27)35)40-30(39-29)17-6-20-2-7-22(8-3-20)23-11-14-26(15-12-23)43-33(36,37)38/h2-17,19H,18H2,1H3,(H,39,40). The molecule has 0 unspecified atom stereocenters. The molecule has 0 radical (unpaired) electrons. The Balaban J connectivity index is 1.38. The number of alkyl halides is 3. The van der Waals surface area contributed by atoms with E-state index in [1.807, 2.05) is 54.6 Å². The molecule has 4 aromatic carbocycles. The Morgan fingerprint density at radius 1 is 0.884 bits per heavy atom. The van der Waals surface area contributed by atoms with E-state index in [4.69, 9.17) is 32.9 Å². The van der Waals surface area contributed by atoms with Crippen LogP contribution in [0.25, 0.3) is 34.5 Å². The van der Waals surface area contributed by atoms with Gasteiger partial charge in [0, 0.05) is 22.7 Å². The first-order valence-electron chi connectivity index (χ1n) is 12.9. The van der Waals surface area contributed by atoms with Gasteiger partial charge in [0.25, 0.3) is 0 Å². The number of aromatic amines is 1. The Morgan fingerprint density at radius 3 is 2.14 bits per heavy atom. The van der Waals surface area contributed by atoms with Gasteiger partial charge in [-0.05, 0) is 70.8 Å². The van der Waals surface area contributed by atoms with Gasteiger partial charge in [0.1, 0.15) is 11.6 Å². The normalized spacial score (nSPS) is 11.6. The van der Waals surface area contributed by atoms with Crippen molar-refractivity contribution < 1.29 is 27.4 Å². The average Bonchev–Trinajstić information content (AvgIpc) is 3.38. The number of benzene rings is 4. The third kappa shape index (κ3) is 7.66. The minimum absolute atomic E-state index is 0.272. The first-order valence-corrected chi connectivity index (χ1v) is 13.7. The Kier molecular flexibility index (Phi) is 8.89. The molecule has 1 N–H and O–H groups in total. The van der Waals surface area contributed by atoms with Crippen LogP contribution in [0.15, 0.2) is 91.0 Å². The van der Waals surface area contributed by atoms with Gasteiger partial charge in [0.05, 0.1) is 23.4 Å². The monoisotopic (exact) mass is 622 g/mol. The van der Waals surface area contributed by atoms with Crippen LogP contribution in [0.5, 0.6) is 5.75 Å². The molecular weight excluding hydrogens is 600 g/mol. The first kappa shape index (κ1) is 29.9. The summed E-state index contributed by atoms with van der Waals surface area (Å²) in [5, 5.41) is 0.976. The smallest absolute Gasteiger partial charge is 0.465 e. The van der Waals surface area contributed by atoms with Crippen LogP contribution in [-0.4, -0.2) is 29.4 Å². The number of H-pyrrole nitrogens is 1. The third-order valence-corrected chi connectivity index (χ3v) is 7.05. The van der Waals surface area contributed by atoms with E-state index in [1.54, 1.807) is 36.4 Å². The molecule has 0 fully saturated rings. The van der Waals surface area contributed by atoms with Gasteiger partial charge >= 0.3 is 12.3 Å². The second-order valence-corrected chi connectivity index (χ2v) is 10.3. The number of carbonyl (C=O) groups excluding carboxylic acids is 1. The summed E-state index contributed by atoms with van der Waals surface area (Å²) >= 11 is 12.7. The van der Waals surface area contributed by atoms with Crippen LogP contribution in [-0.2, 0) is 11.2 Å². The summed E-state index contributed by atoms with van der Waals surface area (Å²) in [4.78, 5) is 20.0. The number of methoxy groups -OCH3 is 1. The SMILES string of the molecule is COC(=O)c1ccc(Cc2[nH]c(C=Cc3ccc(-c4ccc(OC(F)(F)F)cc4)cc3)nc2-c2ccc(Cl)cc2Cl)cc1. The van der Waals surface area contributed by atoms with E-state index in [9.17, 15) is 18.0 Å². The number of carbonyl (C=O) groups is 1. The molecular formula is C33H23Cl2F3N2O3. The molecule has 218 valence electrons. The van der Waals surface area contributed by atoms with Crippen molar-refractivity contribution in [3.63, 3.8) is 0 Å². The predicted octanol–water partition coefficient (Wildman–Crippen LogP) is 9.50. The van der Waals surface area contributed by atoms with Crippen molar-refractivity contribution in [1.29, 1.82) is 0 Å². The number of halogens is 5. The molecule has 5 rings (SSSR count). The second kappa shape index (κ2) is 12.8. The number of ether oxygens (including phenoxy) is 2. The molecule has 0 spiro atoms. The van der Waals surface area contributed by atoms with Crippen LogP contribution in [0.3, 0.4) is 0 Å². The van der Waals surface area contributed by atoms with Crippen LogP contribution in [0.4, 0.5) is 13.2 Å². The molecule has 0 atom stereocenters. The molecule has 5 aromatic rings. The summed E-state index contributed by atoms with van der Waals surface area (Å²) in [6.07, 6.45) is -0.498. The average molecular weight is 623 g/mol. The molecule has 1 heterocycles. The highest BCUT2D eigenvalue weighted by molar-refractivity contribution is 6.36. The highest BCUT2D eigenvalue weighted by Crippen LogP contribution is 2.33. The third-order valence-electron chi connectivity index (χ3n) is 6.50. The van der Waals surface area contributed by atoms with Gasteiger partial charge in [0.15, 0.2) is 0 Å². The molecule has 1 aromatic heterocycles. The summed E-state index contributed by atoms with van der Waals surface area (Å²) in [5.41, 5.74) is 6.11. The van der Waals surface area contributed by atoms with Gasteiger partial charge in [-0.25, -0.2) is 9.78 Å². The number of hydrogen-bond donors (Lipinski definition) is 1. The lowest BCUT2D eigenvalue weighted by Gasteiger charge is -2.09. The zero-order valence-electron chi connectivity index (χ0n) is 22.6. The van der Waals surface area contributed by atoms with Gasteiger partial charge in [-0.1, -0.05) is 77.8 Å². The minimum Gasteiger partial charge on any atom is -0.465 e. The maximum absolute atomic E-state index is 12.4. The van der Waals surface area contributed by atoms with Crippen molar-refractivity contribution in [2.45, 2.75) is 12.8 Å². The molecule has 0 aliphatic rings. The Labute approximate surface area is 255 Å². The van der Waals surface area contributed by atoms with Crippen molar-refractivity contribution >= 4 is 41.3 Å². The highest BCUT2D eigenvalue weighted by atomic mass is 35.5. The van der Waals surface area contributed by atoms with E-state index in [2.05, 4.69) is 9.72 Å². The highest BCUT2D eigenvalue weighted by Gasteiger charge is 2.31. The summed E-state index contributed by atoms with van der Waals surface area (Å²) in [5.74, 6) is -0.0757. The molecule has 0 amide bonds. The quantitative estimate of drug-likeness (QED) is 0.175. The summed E-state index contributed by atoms with van der Waals surface area (Å²) in [6.45, 7) is 0. The number of aromatic nitrogens is 2. The maximum atomic E-state index is 12.4. The zero-order chi connectivity index (χ0) is 30.6.